The molecule has 0 atom stereocenters. The monoisotopic (exact) mass is 444 g/mol. The molecule has 1 aliphatic carbocycles. The second-order valence-corrected chi connectivity index (χ2v) is 9.78. The van der Waals surface area contributed by atoms with Crippen LogP contribution in [0.2, 0.25) is 0 Å². The molecule has 0 unspecified atom stereocenters. The Bertz CT molecular complexity index is 1450. The highest BCUT2D eigenvalue weighted by Crippen LogP contribution is 2.50. The second-order valence-electron chi connectivity index (χ2n) is 9.78. The molecule has 33 heavy (non-hydrogen) atoms. The minimum absolute atomic E-state index is 0.0738. The predicted molar refractivity (Wildman–Crippen MR) is 124 cm³/mol. The zero-order chi connectivity index (χ0) is 23.5. The van der Waals surface area contributed by atoms with Crippen molar-refractivity contribution in [2.75, 3.05) is 0 Å². The first-order chi connectivity index (χ1) is 15.7. The molecule has 2 aromatic heterocycles. The number of aliphatic carboxylic acids is 1. The normalized spacial score (nSPS) is 18.4. The summed E-state index contributed by atoms with van der Waals surface area (Å²) in [7, 11) is 0. The molecule has 2 heterocycles. The Morgan fingerprint density at radius 2 is 2.09 bits per heavy atom. The number of carboxylic acid groups (broad SMARTS) is 1. The number of aromatic nitrogens is 3. The Morgan fingerprint density at radius 1 is 1.33 bits per heavy atom. The molecule has 1 aliphatic rings. The number of rotatable bonds is 5. The summed E-state index contributed by atoms with van der Waals surface area (Å²) in [5.41, 5.74) is 4.77. The van der Waals surface area contributed by atoms with E-state index in [0.717, 1.165) is 38.8 Å². The third-order valence-electron chi connectivity index (χ3n) is 7.02. The summed E-state index contributed by atoms with van der Waals surface area (Å²) in [6.07, 6.45) is 3.19. The van der Waals surface area contributed by atoms with Crippen LogP contribution in [0.1, 0.15) is 55.8 Å². The number of nitrogens with zero attached hydrogens (tertiary/aromatic N) is 3. The Balaban J connectivity index is 1.87. The lowest BCUT2D eigenvalue weighted by atomic mass is 9.68. The maximum Gasteiger partial charge on any atom is 0.306 e. The maximum atomic E-state index is 14.1. The number of carbonyl (C=O) groups is 1. The summed E-state index contributed by atoms with van der Waals surface area (Å²) in [6.45, 7) is 5.83. The molecule has 0 saturated heterocycles. The Labute approximate surface area is 190 Å². The van der Waals surface area contributed by atoms with Gasteiger partial charge in [0, 0.05) is 34.0 Å². The van der Waals surface area contributed by atoms with E-state index in [1.165, 1.54) is 6.07 Å². The van der Waals surface area contributed by atoms with Crippen molar-refractivity contribution >= 4 is 27.8 Å². The van der Waals surface area contributed by atoms with E-state index in [1.807, 2.05) is 19.9 Å². The quantitative estimate of drug-likeness (QED) is 0.411. The number of aryl methyl sites for hydroxylation is 1. The van der Waals surface area contributed by atoms with Crippen LogP contribution in [-0.4, -0.2) is 25.8 Å². The summed E-state index contributed by atoms with van der Waals surface area (Å²) >= 11 is 0. The number of nitrogens with one attached hydrogen (secondary N) is 1. The molecular weight excluding hydrogens is 419 g/mol. The van der Waals surface area contributed by atoms with Crippen molar-refractivity contribution in [2.45, 2.75) is 51.4 Å². The molecule has 168 valence electrons. The molecule has 0 amide bonds. The summed E-state index contributed by atoms with van der Waals surface area (Å²) in [5, 5.41) is 28.3. The van der Waals surface area contributed by atoms with E-state index < -0.39 is 11.4 Å². The average Bonchev–Trinajstić information content (AvgIpc) is 3.29. The van der Waals surface area contributed by atoms with Crippen LogP contribution in [0.3, 0.4) is 0 Å². The Hall–Kier alpha value is -3.66. The van der Waals surface area contributed by atoms with Crippen molar-refractivity contribution in [3.63, 3.8) is 0 Å². The number of aromatic amines is 1. The molecule has 6 nitrogen and oxygen atoms in total. The van der Waals surface area contributed by atoms with Crippen LogP contribution in [-0.2, 0) is 10.2 Å². The Morgan fingerprint density at radius 3 is 2.76 bits per heavy atom. The molecule has 2 N–H and O–H groups in total. The largest absolute Gasteiger partial charge is 0.481 e. The van der Waals surface area contributed by atoms with Crippen LogP contribution in [0.25, 0.3) is 27.5 Å². The van der Waals surface area contributed by atoms with Crippen molar-refractivity contribution in [3.05, 3.63) is 59.2 Å². The predicted octanol–water partition coefficient (Wildman–Crippen LogP) is 5.72. The number of nitriles is 1. The van der Waals surface area contributed by atoms with Crippen molar-refractivity contribution in [1.29, 1.82) is 5.26 Å². The zero-order valence-corrected chi connectivity index (χ0v) is 18.8. The van der Waals surface area contributed by atoms with Gasteiger partial charge in [0.1, 0.15) is 5.82 Å². The molecule has 5 rings (SSSR count). The highest BCUT2D eigenvalue weighted by atomic mass is 19.1. The zero-order valence-electron chi connectivity index (χ0n) is 18.8. The first-order valence-corrected chi connectivity index (χ1v) is 11.1. The lowest BCUT2D eigenvalue weighted by molar-refractivity contribution is -0.145. The van der Waals surface area contributed by atoms with E-state index in [1.54, 1.807) is 19.2 Å². The Kier molecular flexibility index (Phi) is 4.78. The van der Waals surface area contributed by atoms with Gasteiger partial charge < -0.3 is 9.67 Å². The molecular formula is C26H25FN4O2. The van der Waals surface area contributed by atoms with Crippen molar-refractivity contribution in [1.82, 2.24) is 14.8 Å². The van der Waals surface area contributed by atoms with Gasteiger partial charge in [-0.2, -0.15) is 10.4 Å². The first-order valence-electron chi connectivity index (χ1n) is 11.1. The van der Waals surface area contributed by atoms with Gasteiger partial charge in [0.25, 0.3) is 0 Å². The van der Waals surface area contributed by atoms with E-state index in [4.69, 9.17) is 0 Å². The van der Waals surface area contributed by atoms with Crippen LogP contribution in [0.5, 0.6) is 0 Å². The summed E-state index contributed by atoms with van der Waals surface area (Å²) in [5.74, 6) is -1.32. The van der Waals surface area contributed by atoms with Crippen molar-refractivity contribution < 1.29 is 14.3 Å². The molecule has 0 spiro atoms. The number of H-pyrrole nitrogens is 1. The minimum Gasteiger partial charge on any atom is -0.481 e. The van der Waals surface area contributed by atoms with Gasteiger partial charge in [-0.3, -0.25) is 9.89 Å². The third kappa shape index (κ3) is 3.29. The van der Waals surface area contributed by atoms with Crippen molar-refractivity contribution in [3.8, 4) is 11.8 Å². The molecule has 2 aromatic carbocycles. The van der Waals surface area contributed by atoms with Crippen LogP contribution in [0, 0.1) is 30.0 Å². The number of hydrogen-bond acceptors (Lipinski definition) is 3. The van der Waals surface area contributed by atoms with Gasteiger partial charge in [0.15, 0.2) is 0 Å². The molecule has 7 heteroatoms. The van der Waals surface area contributed by atoms with Crippen LogP contribution in [0.15, 0.2) is 36.5 Å². The number of fused-ring (bicyclic) bond motifs is 2. The number of hydrogen-bond donors (Lipinski definition) is 2. The maximum absolute atomic E-state index is 14.1. The fraction of sp³-hybridized carbons (Fsp3) is 0.346. The van der Waals surface area contributed by atoms with Crippen molar-refractivity contribution in [2.24, 2.45) is 5.92 Å². The highest BCUT2D eigenvalue weighted by Gasteiger charge is 2.41. The number of carboxylic acids is 1. The van der Waals surface area contributed by atoms with Gasteiger partial charge in [-0.1, -0.05) is 13.8 Å². The van der Waals surface area contributed by atoms with Gasteiger partial charge >= 0.3 is 5.97 Å². The number of benzene rings is 2. The SMILES string of the molecule is Cc1cc(-n2c(C(C)(C)CC#N)c([C@H]3C[C@H](C(=O)O)C3)c3cc4[nH]ncc4cc32)ccc1F. The van der Waals surface area contributed by atoms with E-state index in [-0.39, 0.29) is 17.7 Å². The fourth-order valence-corrected chi connectivity index (χ4v) is 5.20. The lowest BCUT2D eigenvalue weighted by Gasteiger charge is -2.36. The molecule has 0 radical (unpaired) electrons. The summed E-state index contributed by atoms with van der Waals surface area (Å²) in [6, 6.07) is 11.5. The van der Waals surface area contributed by atoms with E-state index in [2.05, 4.69) is 33.0 Å². The highest BCUT2D eigenvalue weighted by molar-refractivity contribution is 5.99. The summed E-state index contributed by atoms with van der Waals surface area (Å²) in [4.78, 5) is 11.5. The molecule has 0 bridgehead atoms. The van der Waals surface area contributed by atoms with E-state index >= 15 is 0 Å². The molecule has 1 fully saturated rings. The van der Waals surface area contributed by atoms with Crippen LogP contribution >= 0.6 is 0 Å². The van der Waals surface area contributed by atoms with Gasteiger partial charge in [-0.15, -0.1) is 0 Å². The smallest absolute Gasteiger partial charge is 0.306 e. The third-order valence-corrected chi connectivity index (χ3v) is 7.02. The summed E-state index contributed by atoms with van der Waals surface area (Å²) < 4.78 is 16.3. The lowest BCUT2D eigenvalue weighted by Crippen LogP contribution is -2.31. The average molecular weight is 445 g/mol. The van der Waals surface area contributed by atoms with Crippen LogP contribution < -0.4 is 0 Å². The van der Waals surface area contributed by atoms with Gasteiger partial charge in [-0.25, -0.2) is 4.39 Å². The second kappa shape index (κ2) is 7.45. The minimum atomic E-state index is -0.766. The van der Waals surface area contributed by atoms with Gasteiger partial charge in [0.2, 0.25) is 0 Å². The van der Waals surface area contributed by atoms with E-state index in [0.29, 0.717) is 24.8 Å². The molecule has 0 aliphatic heterocycles. The molecule has 4 aromatic rings. The van der Waals surface area contributed by atoms with Crippen LogP contribution in [0.4, 0.5) is 4.39 Å². The van der Waals surface area contributed by atoms with Gasteiger partial charge in [-0.05, 0) is 67.1 Å². The molecule has 1 saturated carbocycles. The van der Waals surface area contributed by atoms with Gasteiger partial charge in [0.05, 0.1) is 29.2 Å². The number of halogens is 1. The standard InChI is InChI=1S/C26H25FN4O2/c1-14-8-18(4-5-20(14)27)31-22-11-17-13-29-30-21(17)12-19(22)23(15-9-16(10-15)25(32)33)24(31)26(2,3)6-7-28/h4-5,8,11-13,15-16H,6,9-10H2,1-3H3,(H,29,30)(H,32,33)/t15-,16-. The fourth-order valence-electron chi connectivity index (χ4n) is 5.20. The first kappa shape index (κ1) is 21.2. The van der Waals surface area contributed by atoms with E-state index in [9.17, 15) is 19.6 Å². The topological polar surface area (TPSA) is 94.7 Å².